The number of fused-ring (bicyclic) bond motifs is 9. The van der Waals surface area contributed by atoms with E-state index in [0.717, 1.165) is 32.3 Å². The van der Waals surface area contributed by atoms with E-state index in [1.807, 2.05) is 121 Å². The lowest BCUT2D eigenvalue weighted by Crippen LogP contribution is -1.92. The van der Waals surface area contributed by atoms with E-state index in [2.05, 4.69) is 0 Å². The van der Waals surface area contributed by atoms with Crippen LogP contribution in [0.5, 0.6) is 0 Å². The highest BCUT2D eigenvalue weighted by atomic mass is 16.3. The SMILES string of the molecule is [2H]c1c([2H])c([2H])c2c(-c3c(-c4cccc5c4oc4ccccc45)oc4ccccc34)c3c([2H])c([2H])c([2H])c([2H])c3c(-c3ccc4ccc5ccccc5c4c3)c2c1[2H]. The number of hydrogen-bond acceptors (Lipinski definition) is 2. The first kappa shape index (κ1) is 20.7. The van der Waals surface area contributed by atoms with Crippen molar-refractivity contribution in [3.63, 3.8) is 0 Å². The van der Waals surface area contributed by atoms with Crippen LogP contribution in [-0.4, -0.2) is 0 Å². The van der Waals surface area contributed by atoms with Crippen molar-refractivity contribution in [2.24, 2.45) is 0 Å². The van der Waals surface area contributed by atoms with Crippen molar-refractivity contribution < 1.29 is 19.8 Å². The molecule has 0 radical (unpaired) electrons. The van der Waals surface area contributed by atoms with Crippen LogP contribution in [0.3, 0.4) is 0 Å². The maximum atomic E-state index is 9.62. The maximum Gasteiger partial charge on any atom is 0.147 e. The van der Waals surface area contributed by atoms with E-state index >= 15 is 0 Å². The Kier molecular flexibility index (Phi) is 4.31. The molecule has 0 N–H and O–H groups in total. The third kappa shape index (κ3) is 3.85. The molecular weight excluding hydrogens is 609 g/mol. The van der Waals surface area contributed by atoms with Crippen molar-refractivity contribution in [3.8, 4) is 33.6 Å². The Labute approximate surface area is 298 Å². The molecular formula is C48H28O2. The highest BCUT2D eigenvalue weighted by molar-refractivity contribution is 6.26. The van der Waals surface area contributed by atoms with Gasteiger partial charge in [0.1, 0.15) is 22.5 Å². The second-order valence-corrected chi connectivity index (χ2v) is 12.6. The summed E-state index contributed by atoms with van der Waals surface area (Å²) in [6, 6.07) is 35.4. The molecule has 0 aliphatic rings. The predicted octanol–water partition coefficient (Wildman–Crippen LogP) is 13.9. The van der Waals surface area contributed by atoms with Crippen LogP contribution in [-0.2, 0) is 0 Å². The number of hydrogen-bond donors (Lipinski definition) is 0. The van der Waals surface area contributed by atoms with E-state index in [0.29, 0.717) is 44.6 Å². The molecule has 2 nitrogen and oxygen atoms in total. The van der Waals surface area contributed by atoms with Gasteiger partial charge in [-0.3, -0.25) is 0 Å². The molecule has 0 aliphatic heterocycles. The molecule has 0 atom stereocenters. The zero-order valence-corrected chi connectivity index (χ0v) is 26.4. The Morgan fingerprint density at radius 2 is 0.940 bits per heavy atom. The Bertz CT molecular complexity index is 3540. The van der Waals surface area contributed by atoms with Gasteiger partial charge in [0.25, 0.3) is 0 Å². The quantitative estimate of drug-likeness (QED) is 0.141. The fourth-order valence-corrected chi connectivity index (χ4v) is 7.73. The molecule has 2 aromatic heterocycles. The lowest BCUT2D eigenvalue weighted by molar-refractivity contribution is 0.627. The molecule has 0 saturated carbocycles. The van der Waals surface area contributed by atoms with E-state index in [1.165, 1.54) is 0 Å². The Balaban J connectivity index is 1.39. The predicted molar refractivity (Wildman–Crippen MR) is 210 cm³/mol. The van der Waals surface area contributed by atoms with Gasteiger partial charge in [0.05, 0.1) is 16.5 Å². The molecule has 11 aromatic rings. The summed E-state index contributed by atoms with van der Waals surface area (Å²) < 4.78 is 87.5. The first-order chi connectivity index (χ1) is 28.1. The molecule has 0 saturated heterocycles. The van der Waals surface area contributed by atoms with Crippen molar-refractivity contribution in [3.05, 3.63) is 170 Å². The van der Waals surface area contributed by atoms with Crippen LogP contribution >= 0.6 is 0 Å². The van der Waals surface area contributed by atoms with E-state index < -0.39 is 24.2 Å². The topological polar surface area (TPSA) is 26.3 Å². The first-order valence-corrected chi connectivity index (χ1v) is 16.4. The van der Waals surface area contributed by atoms with Gasteiger partial charge >= 0.3 is 0 Å². The normalized spacial score (nSPS) is 14.2. The van der Waals surface area contributed by atoms with Gasteiger partial charge in [-0.2, -0.15) is 0 Å². The standard InChI is InChI=1S/C48H28O2/c1-2-13-32-29(12-1)24-25-30-26-27-31(28-41(30)32)44-34-15-3-5-17-36(34)45(37-18-6-4-16-35(37)44)46-39-19-8-10-23-43(39)50-48(46)40-21-11-20-38-33-14-7-9-22-42(33)49-47(38)40/h1-28H/i3D,4D,5D,6D,15D,16D,17D,18D. The van der Waals surface area contributed by atoms with Crippen LogP contribution < -0.4 is 0 Å². The monoisotopic (exact) mass is 644 g/mol. The maximum absolute atomic E-state index is 9.62. The molecule has 11 rings (SSSR count). The molecule has 232 valence electrons. The van der Waals surface area contributed by atoms with Crippen LogP contribution in [0, 0.1) is 0 Å². The summed E-state index contributed by atoms with van der Waals surface area (Å²) in [6.07, 6.45) is 0. The van der Waals surface area contributed by atoms with Gasteiger partial charge in [-0.1, -0.05) is 145 Å². The van der Waals surface area contributed by atoms with Crippen LogP contribution in [0.25, 0.3) is 110 Å². The summed E-state index contributed by atoms with van der Waals surface area (Å²) in [5, 5.41) is 6.68. The molecule has 0 spiro atoms. The third-order valence-corrected chi connectivity index (χ3v) is 9.90. The minimum absolute atomic E-state index is 0.112. The van der Waals surface area contributed by atoms with Crippen molar-refractivity contribution in [1.82, 2.24) is 0 Å². The van der Waals surface area contributed by atoms with Crippen LogP contribution in [0.4, 0.5) is 0 Å². The van der Waals surface area contributed by atoms with Crippen molar-refractivity contribution >= 4 is 76.0 Å². The fraction of sp³-hybridized carbons (Fsp3) is 0. The van der Waals surface area contributed by atoms with Gasteiger partial charge in [-0.15, -0.1) is 0 Å². The number of rotatable bonds is 3. The van der Waals surface area contributed by atoms with Gasteiger partial charge in [-0.25, -0.2) is 0 Å². The van der Waals surface area contributed by atoms with Gasteiger partial charge in [0.2, 0.25) is 0 Å². The molecule has 2 heteroatoms. The Morgan fingerprint density at radius 1 is 0.380 bits per heavy atom. The molecule has 0 unspecified atom stereocenters. The van der Waals surface area contributed by atoms with E-state index in [4.69, 9.17) is 14.3 Å². The third-order valence-electron chi connectivity index (χ3n) is 9.90. The average molecular weight is 645 g/mol. The number of para-hydroxylation sites is 3. The second-order valence-electron chi connectivity index (χ2n) is 12.6. The van der Waals surface area contributed by atoms with E-state index in [1.54, 1.807) is 0 Å². The average Bonchev–Trinajstić information content (AvgIpc) is 3.84. The Morgan fingerprint density at radius 3 is 1.68 bits per heavy atom. The summed E-state index contributed by atoms with van der Waals surface area (Å²) in [5.74, 6) is 0.332. The van der Waals surface area contributed by atoms with Crippen molar-refractivity contribution in [2.45, 2.75) is 0 Å². The summed E-state index contributed by atoms with van der Waals surface area (Å²) in [4.78, 5) is 0. The summed E-state index contributed by atoms with van der Waals surface area (Å²) in [5.41, 5.74) is 3.75. The summed E-state index contributed by atoms with van der Waals surface area (Å²) in [7, 11) is 0. The van der Waals surface area contributed by atoms with Crippen LogP contribution in [0.15, 0.2) is 179 Å². The van der Waals surface area contributed by atoms with Crippen molar-refractivity contribution in [1.29, 1.82) is 0 Å². The highest BCUT2D eigenvalue weighted by Gasteiger charge is 2.26. The second kappa shape index (κ2) is 10.4. The summed E-state index contributed by atoms with van der Waals surface area (Å²) >= 11 is 0. The Hall–Kier alpha value is -6.64. The van der Waals surface area contributed by atoms with Crippen molar-refractivity contribution in [2.75, 3.05) is 0 Å². The molecule has 0 amide bonds. The smallest absolute Gasteiger partial charge is 0.147 e. The number of benzene rings is 9. The molecule has 0 bridgehead atoms. The molecule has 2 heterocycles. The largest absolute Gasteiger partial charge is 0.455 e. The molecule has 0 fully saturated rings. The minimum atomic E-state index is -0.469. The van der Waals surface area contributed by atoms with E-state index in [-0.39, 0.29) is 56.8 Å². The van der Waals surface area contributed by atoms with Gasteiger partial charge in [-0.05, 0) is 78.5 Å². The van der Waals surface area contributed by atoms with E-state index in [9.17, 15) is 5.48 Å². The zero-order valence-electron chi connectivity index (χ0n) is 34.4. The lowest BCUT2D eigenvalue weighted by Gasteiger charge is -2.18. The lowest BCUT2D eigenvalue weighted by atomic mass is 9.84. The number of furan rings is 2. The molecule has 9 aromatic carbocycles. The summed E-state index contributed by atoms with van der Waals surface area (Å²) in [6.45, 7) is 0. The first-order valence-electron chi connectivity index (χ1n) is 20.4. The minimum Gasteiger partial charge on any atom is -0.455 e. The molecule has 0 aliphatic carbocycles. The van der Waals surface area contributed by atoms with Crippen LogP contribution in [0.2, 0.25) is 0 Å². The molecule has 50 heavy (non-hydrogen) atoms. The highest BCUT2D eigenvalue weighted by Crippen LogP contribution is 2.51. The van der Waals surface area contributed by atoms with Gasteiger partial charge < -0.3 is 8.83 Å². The van der Waals surface area contributed by atoms with Gasteiger partial charge in [0.15, 0.2) is 0 Å². The van der Waals surface area contributed by atoms with Crippen LogP contribution in [0.1, 0.15) is 11.0 Å². The van der Waals surface area contributed by atoms with Gasteiger partial charge in [0, 0.05) is 27.3 Å². The fourth-order valence-electron chi connectivity index (χ4n) is 7.73. The zero-order chi connectivity index (χ0) is 39.7.